The van der Waals surface area contributed by atoms with Crippen molar-refractivity contribution in [2.24, 2.45) is 5.92 Å². The number of hydrogen-bond donors (Lipinski definition) is 0. The van der Waals surface area contributed by atoms with Crippen molar-refractivity contribution in [2.45, 2.75) is 33.2 Å². The third-order valence-electron chi connectivity index (χ3n) is 3.49. The zero-order valence-corrected chi connectivity index (χ0v) is 13.6. The average Bonchev–Trinajstić information content (AvgIpc) is 2.66. The predicted molar refractivity (Wildman–Crippen MR) is 81.4 cm³/mol. The fourth-order valence-corrected chi connectivity index (χ4v) is 2.65. The molecule has 2 aromatic rings. The molecule has 0 bridgehead atoms. The molecule has 0 aliphatic carbocycles. The minimum atomic E-state index is -0.285. The van der Waals surface area contributed by atoms with Gasteiger partial charge in [0.15, 0.2) is 0 Å². The number of halogens is 3. The van der Waals surface area contributed by atoms with Crippen molar-refractivity contribution in [2.75, 3.05) is 5.88 Å². The van der Waals surface area contributed by atoms with E-state index >= 15 is 0 Å². The molecule has 1 atom stereocenters. The van der Waals surface area contributed by atoms with Gasteiger partial charge in [-0.2, -0.15) is 0 Å². The number of aromatic nitrogens is 2. The van der Waals surface area contributed by atoms with Gasteiger partial charge in [-0.25, -0.2) is 9.37 Å². The van der Waals surface area contributed by atoms with Crippen LogP contribution < -0.4 is 0 Å². The molecule has 2 nitrogen and oxygen atoms in total. The SMILES string of the molecule is CC(C)C(C)n1c(CCCl)nc2cc(F)c(Br)cc21. The molecule has 0 spiro atoms. The maximum absolute atomic E-state index is 13.6. The largest absolute Gasteiger partial charge is 0.325 e. The molecule has 19 heavy (non-hydrogen) atoms. The summed E-state index contributed by atoms with van der Waals surface area (Å²) in [6.07, 6.45) is 0.687. The average molecular weight is 348 g/mol. The van der Waals surface area contributed by atoms with E-state index < -0.39 is 0 Å². The quantitative estimate of drug-likeness (QED) is 0.717. The van der Waals surface area contributed by atoms with Crippen LogP contribution in [0.5, 0.6) is 0 Å². The van der Waals surface area contributed by atoms with E-state index in [1.54, 1.807) is 6.07 Å². The monoisotopic (exact) mass is 346 g/mol. The smallest absolute Gasteiger partial charge is 0.139 e. The van der Waals surface area contributed by atoms with Gasteiger partial charge in [-0.3, -0.25) is 0 Å². The number of alkyl halides is 1. The van der Waals surface area contributed by atoms with E-state index in [-0.39, 0.29) is 5.82 Å². The highest BCUT2D eigenvalue weighted by Crippen LogP contribution is 2.29. The van der Waals surface area contributed by atoms with Crippen LogP contribution in [0.15, 0.2) is 16.6 Å². The molecule has 0 aliphatic rings. The Labute approximate surface area is 126 Å². The normalized spacial score (nSPS) is 13.4. The Morgan fingerprint density at radius 2 is 2.05 bits per heavy atom. The van der Waals surface area contributed by atoms with Crippen molar-refractivity contribution < 1.29 is 4.39 Å². The first-order chi connectivity index (χ1) is 8.95. The summed E-state index contributed by atoms with van der Waals surface area (Å²) in [5, 5.41) is 0. The van der Waals surface area contributed by atoms with Gasteiger partial charge in [0, 0.05) is 24.4 Å². The highest BCUT2D eigenvalue weighted by molar-refractivity contribution is 9.10. The minimum absolute atomic E-state index is 0.285. The highest BCUT2D eigenvalue weighted by Gasteiger charge is 2.19. The number of nitrogens with zero attached hydrogens (tertiary/aromatic N) is 2. The summed E-state index contributed by atoms with van der Waals surface area (Å²) in [4.78, 5) is 4.53. The molecule has 104 valence electrons. The summed E-state index contributed by atoms with van der Waals surface area (Å²) in [5.74, 6) is 1.61. The molecular formula is C14H17BrClFN2. The fraction of sp³-hybridized carbons (Fsp3) is 0.500. The first-order valence-electron chi connectivity index (χ1n) is 6.37. The highest BCUT2D eigenvalue weighted by atomic mass is 79.9. The van der Waals surface area contributed by atoms with Gasteiger partial charge in [0.2, 0.25) is 0 Å². The molecule has 0 aliphatic heterocycles. The van der Waals surface area contributed by atoms with Gasteiger partial charge in [-0.1, -0.05) is 13.8 Å². The number of aryl methyl sites for hydroxylation is 1. The van der Waals surface area contributed by atoms with Crippen LogP contribution in [0.1, 0.15) is 32.6 Å². The molecule has 0 amide bonds. The van der Waals surface area contributed by atoms with Gasteiger partial charge in [-0.05, 0) is 34.8 Å². The van der Waals surface area contributed by atoms with E-state index in [9.17, 15) is 4.39 Å². The van der Waals surface area contributed by atoms with Crippen molar-refractivity contribution >= 4 is 38.6 Å². The molecule has 0 saturated heterocycles. The molecule has 5 heteroatoms. The first kappa shape index (κ1) is 14.8. The van der Waals surface area contributed by atoms with Crippen LogP contribution in [0.2, 0.25) is 0 Å². The lowest BCUT2D eigenvalue weighted by Gasteiger charge is -2.21. The second-order valence-corrected chi connectivity index (χ2v) is 6.31. The summed E-state index contributed by atoms with van der Waals surface area (Å²) in [6, 6.07) is 3.56. The number of rotatable bonds is 4. The van der Waals surface area contributed by atoms with Gasteiger partial charge in [0.05, 0.1) is 15.5 Å². The topological polar surface area (TPSA) is 17.8 Å². The third kappa shape index (κ3) is 2.79. The van der Waals surface area contributed by atoms with Gasteiger partial charge >= 0.3 is 0 Å². The van der Waals surface area contributed by atoms with Crippen LogP contribution in [-0.4, -0.2) is 15.4 Å². The van der Waals surface area contributed by atoms with Crippen LogP contribution in [-0.2, 0) is 6.42 Å². The number of fused-ring (bicyclic) bond motifs is 1. The Kier molecular flexibility index (Phi) is 4.51. The summed E-state index contributed by atoms with van der Waals surface area (Å²) in [5.41, 5.74) is 1.64. The standard InChI is InChI=1S/C14H17BrClFN2/c1-8(2)9(3)19-13-6-10(15)11(17)7-12(13)18-14(19)4-5-16/h6-9H,4-5H2,1-3H3. The Bertz CT molecular complexity index is 595. The molecule has 2 rings (SSSR count). The molecule has 1 unspecified atom stereocenters. The van der Waals surface area contributed by atoms with E-state index in [4.69, 9.17) is 11.6 Å². The summed E-state index contributed by atoms with van der Waals surface area (Å²) >= 11 is 9.09. The summed E-state index contributed by atoms with van der Waals surface area (Å²) < 4.78 is 16.3. The van der Waals surface area contributed by atoms with E-state index in [0.717, 1.165) is 11.3 Å². The van der Waals surface area contributed by atoms with Crippen molar-refractivity contribution in [3.8, 4) is 0 Å². The lowest BCUT2D eigenvalue weighted by molar-refractivity contribution is 0.406. The van der Waals surface area contributed by atoms with Gasteiger partial charge in [-0.15, -0.1) is 11.6 Å². The first-order valence-corrected chi connectivity index (χ1v) is 7.70. The van der Waals surface area contributed by atoms with Crippen molar-refractivity contribution in [3.63, 3.8) is 0 Å². The fourth-order valence-electron chi connectivity index (χ4n) is 2.15. The molecule has 0 fully saturated rings. The van der Waals surface area contributed by atoms with Gasteiger partial charge < -0.3 is 4.57 Å². The third-order valence-corrected chi connectivity index (χ3v) is 4.29. The van der Waals surface area contributed by atoms with Crippen LogP contribution in [0, 0.1) is 11.7 Å². The Balaban J connectivity index is 2.68. The Hall–Kier alpha value is -0.610. The maximum atomic E-state index is 13.6. The molecule has 0 radical (unpaired) electrons. The zero-order chi connectivity index (χ0) is 14.2. The van der Waals surface area contributed by atoms with E-state index in [2.05, 4.69) is 46.3 Å². The maximum Gasteiger partial charge on any atom is 0.139 e. The van der Waals surface area contributed by atoms with E-state index in [1.165, 1.54) is 6.07 Å². The molecule has 1 heterocycles. The van der Waals surface area contributed by atoms with E-state index in [1.807, 2.05) is 0 Å². The number of imidazole rings is 1. The molecular weight excluding hydrogens is 331 g/mol. The van der Waals surface area contributed by atoms with Gasteiger partial charge in [0.1, 0.15) is 11.6 Å². The second-order valence-electron chi connectivity index (χ2n) is 5.08. The molecule has 0 saturated carbocycles. The van der Waals surface area contributed by atoms with Crippen molar-refractivity contribution in [1.29, 1.82) is 0 Å². The molecule has 0 N–H and O–H groups in total. The van der Waals surface area contributed by atoms with Crippen LogP contribution in [0.25, 0.3) is 11.0 Å². The lowest BCUT2D eigenvalue weighted by Crippen LogP contribution is -2.15. The predicted octanol–water partition coefficient (Wildman–Crippen LogP) is 4.94. The van der Waals surface area contributed by atoms with Crippen molar-refractivity contribution in [1.82, 2.24) is 9.55 Å². The Morgan fingerprint density at radius 3 is 2.63 bits per heavy atom. The van der Waals surface area contributed by atoms with Crippen molar-refractivity contribution in [3.05, 3.63) is 28.2 Å². The second kappa shape index (κ2) is 5.80. The number of hydrogen-bond acceptors (Lipinski definition) is 1. The van der Waals surface area contributed by atoms with Crippen LogP contribution in [0.4, 0.5) is 4.39 Å². The van der Waals surface area contributed by atoms with Crippen LogP contribution in [0.3, 0.4) is 0 Å². The summed E-state index contributed by atoms with van der Waals surface area (Å²) in [7, 11) is 0. The number of benzene rings is 1. The van der Waals surface area contributed by atoms with Gasteiger partial charge in [0.25, 0.3) is 0 Å². The lowest BCUT2D eigenvalue weighted by atomic mass is 10.1. The van der Waals surface area contributed by atoms with E-state index in [0.29, 0.717) is 34.2 Å². The molecule has 1 aromatic carbocycles. The Morgan fingerprint density at radius 1 is 1.37 bits per heavy atom. The minimum Gasteiger partial charge on any atom is -0.325 e. The molecule has 1 aromatic heterocycles. The zero-order valence-electron chi connectivity index (χ0n) is 11.3. The summed E-state index contributed by atoms with van der Waals surface area (Å²) in [6.45, 7) is 6.49. The van der Waals surface area contributed by atoms with Crippen LogP contribution >= 0.6 is 27.5 Å².